The summed E-state index contributed by atoms with van der Waals surface area (Å²) in [7, 11) is 1.37. The lowest BCUT2D eigenvalue weighted by Gasteiger charge is -2.10. The van der Waals surface area contributed by atoms with E-state index in [4.69, 9.17) is 5.84 Å². The lowest BCUT2D eigenvalue weighted by atomic mass is 10.0. The number of nitrogens with one attached hydrogen (secondary N) is 1. The Morgan fingerprint density at radius 1 is 1.57 bits per heavy atom. The molecule has 0 bridgehead atoms. The second-order valence-electron chi connectivity index (χ2n) is 3.00. The third-order valence-corrected chi connectivity index (χ3v) is 2.11. The van der Waals surface area contributed by atoms with E-state index >= 15 is 0 Å². The van der Waals surface area contributed by atoms with E-state index in [2.05, 4.69) is 10.2 Å². The Morgan fingerprint density at radius 3 is 2.86 bits per heavy atom. The molecule has 0 saturated carbocycles. The van der Waals surface area contributed by atoms with E-state index in [1.54, 1.807) is 0 Å². The van der Waals surface area contributed by atoms with Gasteiger partial charge in [0.15, 0.2) is 0 Å². The fourth-order valence-electron chi connectivity index (χ4n) is 1.29. The summed E-state index contributed by atoms with van der Waals surface area (Å²) < 4.78 is 4.60. The molecule has 76 valence electrons. The maximum atomic E-state index is 11.1. The fourth-order valence-corrected chi connectivity index (χ4v) is 1.29. The molecule has 0 aliphatic carbocycles. The van der Waals surface area contributed by atoms with Gasteiger partial charge in [0.1, 0.15) is 0 Å². The summed E-state index contributed by atoms with van der Waals surface area (Å²) in [6.45, 7) is 1.93. The number of esters is 1. The Kier molecular flexibility index (Phi) is 3.48. The Bertz CT molecular complexity index is 337. The van der Waals surface area contributed by atoms with Crippen LogP contribution in [0.25, 0.3) is 0 Å². The quantitative estimate of drug-likeness (QED) is 0.428. The number of benzene rings is 1. The average Bonchev–Trinajstić information content (AvgIpc) is 2.20. The zero-order valence-corrected chi connectivity index (χ0v) is 8.33. The number of nitrogens with two attached hydrogens (primary N) is 1. The number of carbonyl (C=O) groups is 1. The number of rotatable bonds is 3. The van der Waals surface area contributed by atoms with Crippen molar-refractivity contribution in [1.82, 2.24) is 0 Å². The van der Waals surface area contributed by atoms with Gasteiger partial charge in [0, 0.05) is 0 Å². The Morgan fingerprint density at radius 2 is 2.29 bits per heavy atom. The van der Waals surface area contributed by atoms with Crippen molar-refractivity contribution >= 4 is 11.7 Å². The first-order chi connectivity index (χ1) is 6.69. The van der Waals surface area contributed by atoms with Gasteiger partial charge < -0.3 is 10.2 Å². The first-order valence-corrected chi connectivity index (χ1v) is 4.31. The number of hydrogen-bond acceptors (Lipinski definition) is 4. The van der Waals surface area contributed by atoms with Gasteiger partial charge in [0.05, 0.1) is 19.2 Å². The zero-order chi connectivity index (χ0) is 10.6. The molecule has 0 aromatic heterocycles. The van der Waals surface area contributed by atoms with Gasteiger partial charge in [0.25, 0.3) is 0 Å². The summed E-state index contributed by atoms with van der Waals surface area (Å²) in [6.07, 6.45) is 0.239. The summed E-state index contributed by atoms with van der Waals surface area (Å²) in [5.74, 6) is 5.07. The highest BCUT2D eigenvalue weighted by Gasteiger charge is 2.09. The van der Waals surface area contributed by atoms with Gasteiger partial charge in [-0.05, 0) is 24.1 Å². The molecule has 0 aliphatic heterocycles. The van der Waals surface area contributed by atoms with Gasteiger partial charge in [-0.15, -0.1) is 0 Å². The fraction of sp³-hybridized carbons (Fsp3) is 0.300. The molecule has 1 aromatic rings. The van der Waals surface area contributed by atoms with Crippen LogP contribution in [0.1, 0.15) is 11.1 Å². The van der Waals surface area contributed by atoms with Crippen LogP contribution < -0.4 is 11.3 Å². The van der Waals surface area contributed by atoms with Crippen LogP contribution in [0, 0.1) is 6.92 Å². The van der Waals surface area contributed by atoms with E-state index in [-0.39, 0.29) is 12.4 Å². The highest BCUT2D eigenvalue weighted by molar-refractivity contribution is 5.75. The number of aryl methyl sites for hydroxylation is 1. The standard InChI is InChI=1S/C10H14N2O2/c1-7-4-3-5-9(12-11)8(7)6-10(13)14-2/h3-5,12H,6,11H2,1-2H3. The van der Waals surface area contributed by atoms with E-state index in [0.717, 1.165) is 16.8 Å². The monoisotopic (exact) mass is 194 g/mol. The molecular weight excluding hydrogens is 180 g/mol. The maximum absolute atomic E-state index is 11.1. The summed E-state index contributed by atoms with van der Waals surface area (Å²) in [5.41, 5.74) is 5.21. The smallest absolute Gasteiger partial charge is 0.310 e. The molecule has 0 atom stereocenters. The minimum atomic E-state index is -0.268. The lowest BCUT2D eigenvalue weighted by molar-refractivity contribution is -0.139. The van der Waals surface area contributed by atoms with Crippen LogP contribution in [-0.4, -0.2) is 13.1 Å². The van der Waals surface area contributed by atoms with Crippen LogP contribution in [0.5, 0.6) is 0 Å². The molecule has 1 rings (SSSR count). The van der Waals surface area contributed by atoms with Gasteiger partial charge in [-0.2, -0.15) is 0 Å². The molecule has 4 heteroatoms. The lowest BCUT2D eigenvalue weighted by Crippen LogP contribution is -2.13. The van der Waals surface area contributed by atoms with Crippen molar-refractivity contribution in [3.63, 3.8) is 0 Å². The molecule has 0 amide bonds. The highest BCUT2D eigenvalue weighted by Crippen LogP contribution is 2.19. The van der Waals surface area contributed by atoms with Crippen LogP contribution in [0.3, 0.4) is 0 Å². The normalized spacial score (nSPS) is 9.64. The van der Waals surface area contributed by atoms with Gasteiger partial charge in [-0.3, -0.25) is 10.6 Å². The molecule has 0 unspecified atom stereocenters. The number of hydrogen-bond donors (Lipinski definition) is 2. The van der Waals surface area contributed by atoms with Crippen molar-refractivity contribution in [2.24, 2.45) is 5.84 Å². The number of anilines is 1. The number of methoxy groups -OCH3 is 1. The Labute approximate surface area is 83.0 Å². The number of ether oxygens (including phenoxy) is 1. The molecule has 0 spiro atoms. The second kappa shape index (κ2) is 4.62. The van der Waals surface area contributed by atoms with Crippen LogP contribution in [0.2, 0.25) is 0 Å². The summed E-state index contributed by atoms with van der Waals surface area (Å²) in [6, 6.07) is 5.63. The highest BCUT2D eigenvalue weighted by atomic mass is 16.5. The molecule has 0 fully saturated rings. The minimum Gasteiger partial charge on any atom is -0.469 e. The van der Waals surface area contributed by atoms with Crippen molar-refractivity contribution in [3.8, 4) is 0 Å². The van der Waals surface area contributed by atoms with Gasteiger partial charge in [-0.25, -0.2) is 0 Å². The van der Waals surface area contributed by atoms with Crippen LogP contribution >= 0.6 is 0 Å². The predicted octanol–water partition coefficient (Wildman–Crippen LogP) is 0.996. The third-order valence-electron chi connectivity index (χ3n) is 2.11. The van der Waals surface area contributed by atoms with E-state index in [0.29, 0.717) is 0 Å². The van der Waals surface area contributed by atoms with Crippen LogP contribution in [-0.2, 0) is 16.0 Å². The molecule has 0 saturated heterocycles. The Hall–Kier alpha value is -1.55. The molecule has 3 N–H and O–H groups in total. The van der Waals surface area contributed by atoms with Crippen LogP contribution in [0.15, 0.2) is 18.2 Å². The molecule has 14 heavy (non-hydrogen) atoms. The molecular formula is C10H14N2O2. The van der Waals surface area contributed by atoms with Crippen molar-refractivity contribution in [3.05, 3.63) is 29.3 Å². The first kappa shape index (κ1) is 10.5. The second-order valence-corrected chi connectivity index (χ2v) is 3.00. The maximum Gasteiger partial charge on any atom is 0.310 e. The number of carbonyl (C=O) groups excluding carboxylic acids is 1. The van der Waals surface area contributed by atoms with E-state index in [1.807, 2.05) is 25.1 Å². The third kappa shape index (κ3) is 2.23. The van der Waals surface area contributed by atoms with Gasteiger partial charge in [-0.1, -0.05) is 12.1 Å². The summed E-state index contributed by atoms with van der Waals surface area (Å²) in [4.78, 5) is 11.1. The molecule has 0 aliphatic rings. The number of hydrazine groups is 1. The SMILES string of the molecule is COC(=O)Cc1c(C)cccc1NN. The van der Waals surface area contributed by atoms with Crippen molar-refractivity contribution in [1.29, 1.82) is 0 Å². The number of nitrogen functional groups attached to an aromatic ring is 1. The largest absolute Gasteiger partial charge is 0.469 e. The molecule has 1 aromatic carbocycles. The van der Waals surface area contributed by atoms with Crippen molar-refractivity contribution in [2.45, 2.75) is 13.3 Å². The van der Waals surface area contributed by atoms with Crippen molar-refractivity contribution < 1.29 is 9.53 Å². The Balaban J connectivity index is 2.98. The first-order valence-electron chi connectivity index (χ1n) is 4.31. The van der Waals surface area contributed by atoms with Gasteiger partial charge >= 0.3 is 5.97 Å². The predicted molar refractivity (Wildman–Crippen MR) is 54.7 cm³/mol. The molecule has 0 radical (unpaired) electrons. The molecule has 4 nitrogen and oxygen atoms in total. The van der Waals surface area contributed by atoms with Crippen molar-refractivity contribution in [2.75, 3.05) is 12.5 Å². The average molecular weight is 194 g/mol. The summed E-state index contributed by atoms with van der Waals surface area (Å²) >= 11 is 0. The molecule has 0 heterocycles. The van der Waals surface area contributed by atoms with Gasteiger partial charge in [0.2, 0.25) is 0 Å². The zero-order valence-electron chi connectivity index (χ0n) is 8.33. The van der Waals surface area contributed by atoms with E-state index in [1.165, 1.54) is 7.11 Å². The topological polar surface area (TPSA) is 64.3 Å². The van der Waals surface area contributed by atoms with Crippen LogP contribution in [0.4, 0.5) is 5.69 Å². The summed E-state index contributed by atoms with van der Waals surface area (Å²) in [5, 5.41) is 0. The van der Waals surface area contributed by atoms with E-state index < -0.39 is 0 Å². The minimum absolute atomic E-state index is 0.239. The van der Waals surface area contributed by atoms with E-state index in [9.17, 15) is 4.79 Å².